The Labute approximate surface area is 211 Å². The number of piperazine rings is 1. The van der Waals surface area contributed by atoms with E-state index in [-0.39, 0.29) is 10.8 Å². The van der Waals surface area contributed by atoms with Crippen molar-refractivity contribution in [3.63, 3.8) is 0 Å². The summed E-state index contributed by atoms with van der Waals surface area (Å²) in [7, 11) is -3.84. The maximum absolute atomic E-state index is 13.1. The van der Waals surface area contributed by atoms with E-state index in [1.807, 2.05) is 35.2 Å². The van der Waals surface area contributed by atoms with Crippen molar-refractivity contribution in [1.82, 2.24) is 14.8 Å². The largest absolute Gasteiger partial charge is 0.336 e. The number of para-hydroxylation sites is 1. The van der Waals surface area contributed by atoms with Gasteiger partial charge in [-0.3, -0.25) is 19.4 Å². The molecular weight excluding hydrogens is 472 g/mol. The van der Waals surface area contributed by atoms with Crippen LogP contribution in [0.15, 0.2) is 96.0 Å². The molecule has 1 aliphatic heterocycles. The standard InChI is InChI=1S/C28H28N4O3S/c1-21(22-7-3-2-4-8-22)31-17-19-32(20-18-31)28(33)24-12-14-25(15-13-24)30-36(34,35)26-11-5-9-23-10-6-16-29-27(23)26/h2-16,21,30H,17-20H2,1H3/t21-/m1/s1. The second-order valence-electron chi connectivity index (χ2n) is 8.93. The van der Waals surface area contributed by atoms with Crippen molar-refractivity contribution in [2.45, 2.75) is 17.9 Å². The van der Waals surface area contributed by atoms with Gasteiger partial charge in [-0.1, -0.05) is 48.5 Å². The molecule has 0 bridgehead atoms. The Balaban J connectivity index is 1.23. The van der Waals surface area contributed by atoms with Gasteiger partial charge in [0, 0.05) is 55.1 Å². The van der Waals surface area contributed by atoms with Crippen molar-refractivity contribution >= 4 is 32.5 Å². The van der Waals surface area contributed by atoms with E-state index in [9.17, 15) is 13.2 Å². The summed E-state index contributed by atoms with van der Waals surface area (Å²) in [6, 6.07) is 25.9. The summed E-state index contributed by atoms with van der Waals surface area (Å²) in [5.41, 5.74) is 2.62. The van der Waals surface area contributed by atoms with E-state index >= 15 is 0 Å². The number of nitrogens with one attached hydrogen (secondary N) is 1. The Morgan fingerprint density at radius 3 is 2.28 bits per heavy atom. The summed E-state index contributed by atoms with van der Waals surface area (Å²) in [6.07, 6.45) is 1.57. The molecule has 1 aromatic heterocycles. The average molecular weight is 501 g/mol. The van der Waals surface area contributed by atoms with Crippen molar-refractivity contribution in [3.05, 3.63) is 102 Å². The van der Waals surface area contributed by atoms with Crippen molar-refractivity contribution in [2.24, 2.45) is 0 Å². The lowest BCUT2D eigenvalue weighted by atomic mass is 10.1. The first-order valence-electron chi connectivity index (χ1n) is 12.0. The normalized spacial score (nSPS) is 15.5. The molecule has 1 aliphatic rings. The average Bonchev–Trinajstić information content (AvgIpc) is 2.93. The van der Waals surface area contributed by atoms with Crippen LogP contribution in [0.4, 0.5) is 5.69 Å². The van der Waals surface area contributed by atoms with Gasteiger partial charge in [-0.25, -0.2) is 8.42 Å². The number of carbonyl (C=O) groups excluding carboxylic acids is 1. The molecule has 5 rings (SSSR count). The number of rotatable bonds is 6. The van der Waals surface area contributed by atoms with Gasteiger partial charge in [0.15, 0.2) is 0 Å². The third kappa shape index (κ3) is 4.96. The fourth-order valence-electron chi connectivity index (χ4n) is 4.62. The van der Waals surface area contributed by atoms with Gasteiger partial charge in [0.1, 0.15) is 4.90 Å². The molecule has 36 heavy (non-hydrogen) atoms. The molecule has 0 radical (unpaired) electrons. The van der Waals surface area contributed by atoms with Gasteiger partial charge >= 0.3 is 0 Å². The minimum absolute atomic E-state index is 0.0466. The predicted octanol–water partition coefficient (Wildman–Crippen LogP) is 4.55. The Kier molecular flexibility index (Phi) is 6.71. The number of benzene rings is 3. The van der Waals surface area contributed by atoms with Crippen LogP contribution in [0, 0.1) is 0 Å². The fraction of sp³-hybridized carbons (Fsp3) is 0.214. The van der Waals surface area contributed by atoms with E-state index in [0.717, 1.165) is 18.5 Å². The van der Waals surface area contributed by atoms with Crippen molar-refractivity contribution < 1.29 is 13.2 Å². The molecule has 4 aromatic rings. The van der Waals surface area contributed by atoms with E-state index in [1.165, 1.54) is 11.6 Å². The smallest absolute Gasteiger partial charge is 0.264 e. The highest BCUT2D eigenvalue weighted by molar-refractivity contribution is 7.93. The minimum atomic E-state index is -3.84. The van der Waals surface area contributed by atoms with Crippen LogP contribution in [0.2, 0.25) is 0 Å². The lowest BCUT2D eigenvalue weighted by molar-refractivity contribution is 0.0582. The first-order chi connectivity index (χ1) is 17.4. The second-order valence-corrected chi connectivity index (χ2v) is 10.6. The van der Waals surface area contributed by atoms with Crippen LogP contribution in [-0.4, -0.2) is 55.3 Å². The molecule has 8 heteroatoms. The summed E-state index contributed by atoms with van der Waals surface area (Å²) >= 11 is 0. The molecular formula is C28H28N4O3S. The number of pyridine rings is 1. The van der Waals surface area contributed by atoms with Gasteiger partial charge in [0.05, 0.1) is 5.52 Å². The number of fused-ring (bicyclic) bond motifs is 1. The molecule has 3 aromatic carbocycles. The van der Waals surface area contributed by atoms with Crippen LogP contribution in [0.25, 0.3) is 10.9 Å². The van der Waals surface area contributed by atoms with E-state index in [1.54, 1.807) is 42.6 Å². The molecule has 1 amide bonds. The van der Waals surface area contributed by atoms with E-state index in [2.05, 4.69) is 33.7 Å². The number of sulfonamides is 1. The van der Waals surface area contributed by atoms with Crippen LogP contribution >= 0.6 is 0 Å². The third-order valence-electron chi connectivity index (χ3n) is 6.70. The first-order valence-corrected chi connectivity index (χ1v) is 13.5. The maximum atomic E-state index is 13.1. The van der Waals surface area contributed by atoms with Gasteiger partial charge in [0.25, 0.3) is 15.9 Å². The van der Waals surface area contributed by atoms with Gasteiger partial charge in [-0.05, 0) is 48.9 Å². The van der Waals surface area contributed by atoms with Gasteiger partial charge in [-0.2, -0.15) is 0 Å². The Morgan fingerprint density at radius 2 is 1.56 bits per heavy atom. The lowest BCUT2D eigenvalue weighted by Crippen LogP contribution is -2.49. The highest BCUT2D eigenvalue weighted by Crippen LogP contribution is 2.25. The van der Waals surface area contributed by atoms with Crippen LogP contribution in [-0.2, 0) is 10.0 Å². The van der Waals surface area contributed by atoms with Crippen LogP contribution in [0.1, 0.15) is 28.9 Å². The quantitative estimate of drug-likeness (QED) is 0.420. The fourth-order valence-corrected chi connectivity index (χ4v) is 5.86. The number of hydrogen-bond donors (Lipinski definition) is 1. The maximum Gasteiger partial charge on any atom is 0.264 e. The molecule has 184 valence electrons. The summed E-state index contributed by atoms with van der Waals surface area (Å²) in [5.74, 6) is -0.0466. The van der Waals surface area contributed by atoms with Crippen LogP contribution in [0.3, 0.4) is 0 Å². The number of carbonyl (C=O) groups is 1. The number of amides is 1. The molecule has 0 aliphatic carbocycles. The zero-order valence-electron chi connectivity index (χ0n) is 20.0. The van der Waals surface area contributed by atoms with E-state index in [4.69, 9.17) is 0 Å². The van der Waals surface area contributed by atoms with Crippen LogP contribution in [0.5, 0.6) is 0 Å². The molecule has 2 heterocycles. The van der Waals surface area contributed by atoms with Crippen molar-refractivity contribution in [2.75, 3.05) is 30.9 Å². The Bertz CT molecular complexity index is 1460. The van der Waals surface area contributed by atoms with Crippen LogP contribution < -0.4 is 4.72 Å². The summed E-state index contributed by atoms with van der Waals surface area (Å²) in [6.45, 7) is 5.11. The monoisotopic (exact) mass is 500 g/mol. The number of aromatic nitrogens is 1. The highest BCUT2D eigenvalue weighted by Gasteiger charge is 2.25. The molecule has 1 N–H and O–H groups in total. The zero-order valence-corrected chi connectivity index (χ0v) is 20.9. The molecule has 7 nitrogen and oxygen atoms in total. The molecule has 0 saturated carbocycles. The van der Waals surface area contributed by atoms with Gasteiger partial charge < -0.3 is 4.90 Å². The Morgan fingerprint density at radius 1 is 0.861 bits per heavy atom. The summed E-state index contributed by atoms with van der Waals surface area (Å²) < 4.78 is 28.7. The summed E-state index contributed by atoms with van der Waals surface area (Å²) in [4.78, 5) is 21.7. The molecule has 1 saturated heterocycles. The first kappa shape index (κ1) is 24.0. The van der Waals surface area contributed by atoms with Crippen molar-refractivity contribution in [1.29, 1.82) is 0 Å². The molecule has 1 atom stereocenters. The molecule has 1 fully saturated rings. The second kappa shape index (κ2) is 10.1. The minimum Gasteiger partial charge on any atom is -0.336 e. The number of anilines is 1. The number of nitrogens with zero attached hydrogens (tertiary/aromatic N) is 3. The van der Waals surface area contributed by atoms with Gasteiger partial charge in [0.2, 0.25) is 0 Å². The Hall–Kier alpha value is -3.75. The SMILES string of the molecule is C[C@H](c1ccccc1)N1CCN(C(=O)c2ccc(NS(=O)(=O)c3cccc4cccnc34)cc2)CC1. The van der Waals surface area contributed by atoms with Gasteiger partial charge in [-0.15, -0.1) is 0 Å². The van der Waals surface area contributed by atoms with E-state index in [0.29, 0.717) is 35.9 Å². The highest BCUT2D eigenvalue weighted by atomic mass is 32.2. The molecule has 0 unspecified atom stereocenters. The van der Waals surface area contributed by atoms with E-state index < -0.39 is 10.0 Å². The number of hydrogen-bond acceptors (Lipinski definition) is 5. The third-order valence-corrected chi connectivity index (χ3v) is 8.11. The van der Waals surface area contributed by atoms with Crippen molar-refractivity contribution in [3.8, 4) is 0 Å². The lowest BCUT2D eigenvalue weighted by Gasteiger charge is -2.38. The molecule has 0 spiro atoms. The topological polar surface area (TPSA) is 82.6 Å². The predicted molar refractivity (Wildman–Crippen MR) is 141 cm³/mol. The zero-order chi connectivity index (χ0) is 25.1. The summed E-state index contributed by atoms with van der Waals surface area (Å²) in [5, 5.41) is 0.750.